The zero-order chi connectivity index (χ0) is 14.0. The van der Waals surface area contributed by atoms with Gasteiger partial charge in [0.2, 0.25) is 0 Å². The van der Waals surface area contributed by atoms with Crippen LogP contribution in [-0.2, 0) is 10.0 Å². The van der Waals surface area contributed by atoms with Crippen LogP contribution in [0.1, 0.15) is 11.1 Å². The van der Waals surface area contributed by atoms with Crippen molar-refractivity contribution in [3.8, 4) is 0 Å². The molecular weight excluding hydrogens is 262 g/mol. The Morgan fingerprint density at radius 1 is 1.21 bits per heavy atom. The topological polar surface area (TPSA) is 85.1 Å². The van der Waals surface area contributed by atoms with Crippen LogP contribution in [0.25, 0.3) is 0 Å². The molecule has 0 unspecified atom stereocenters. The molecule has 1 aromatic carbocycles. The summed E-state index contributed by atoms with van der Waals surface area (Å²) in [5.41, 5.74) is 7.99. The molecule has 19 heavy (non-hydrogen) atoms. The number of aromatic nitrogens is 1. The summed E-state index contributed by atoms with van der Waals surface area (Å²) in [6.45, 7) is 3.49. The number of aryl methyl sites for hydroxylation is 1. The van der Waals surface area contributed by atoms with Crippen LogP contribution in [-0.4, -0.2) is 13.4 Å². The third-order valence-corrected chi connectivity index (χ3v) is 4.41. The normalized spacial score (nSPS) is 11.3. The van der Waals surface area contributed by atoms with E-state index >= 15 is 0 Å². The van der Waals surface area contributed by atoms with Crippen LogP contribution < -0.4 is 10.5 Å². The average Bonchev–Trinajstić information content (AvgIpc) is 2.35. The molecule has 3 N–H and O–H groups in total. The van der Waals surface area contributed by atoms with E-state index < -0.39 is 10.0 Å². The van der Waals surface area contributed by atoms with Crippen molar-refractivity contribution in [2.75, 3.05) is 10.5 Å². The van der Waals surface area contributed by atoms with E-state index in [4.69, 9.17) is 5.73 Å². The molecule has 1 aromatic heterocycles. The Kier molecular flexibility index (Phi) is 3.44. The summed E-state index contributed by atoms with van der Waals surface area (Å²) in [5, 5.41) is 0. The van der Waals surface area contributed by atoms with Gasteiger partial charge in [0.15, 0.2) is 0 Å². The lowest BCUT2D eigenvalue weighted by Crippen LogP contribution is -2.15. The van der Waals surface area contributed by atoms with Gasteiger partial charge < -0.3 is 5.73 Å². The van der Waals surface area contributed by atoms with Gasteiger partial charge in [-0.2, -0.15) is 0 Å². The Balaban J connectivity index is 2.44. The summed E-state index contributed by atoms with van der Waals surface area (Å²) >= 11 is 0. The number of hydrogen-bond acceptors (Lipinski definition) is 4. The molecule has 0 bridgehead atoms. The lowest BCUT2D eigenvalue weighted by Gasteiger charge is -2.12. The number of nitrogens with zero attached hydrogens (tertiary/aromatic N) is 1. The van der Waals surface area contributed by atoms with Crippen molar-refractivity contribution in [3.63, 3.8) is 0 Å². The molecule has 2 aromatic rings. The Morgan fingerprint density at radius 3 is 2.63 bits per heavy atom. The van der Waals surface area contributed by atoms with Gasteiger partial charge in [0.05, 0.1) is 16.8 Å². The standard InChI is InChI=1S/C13H15N3O2S/c1-9-6-7-15-8-12(9)16-19(17,18)13-5-3-4-11(14)10(13)2/h3-8,16H,14H2,1-2H3. The van der Waals surface area contributed by atoms with Gasteiger partial charge >= 0.3 is 0 Å². The van der Waals surface area contributed by atoms with Crippen LogP contribution in [0, 0.1) is 13.8 Å². The zero-order valence-electron chi connectivity index (χ0n) is 10.7. The predicted octanol–water partition coefficient (Wildman–Crippen LogP) is 2.08. The fourth-order valence-electron chi connectivity index (χ4n) is 1.69. The highest BCUT2D eigenvalue weighted by Crippen LogP contribution is 2.23. The molecule has 0 saturated carbocycles. The molecule has 0 amide bonds. The van der Waals surface area contributed by atoms with Crippen molar-refractivity contribution >= 4 is 21.4 Å². The molecule has 0 atom stereocenters. The predicted molar refractivity (Wildman–Crippen MR) is 75.4 cm³/mol. The molecule has 5 nitrogen and oxygen atoms in total. The molecule has 0 aliphatic carbocycles. The number of nitrogen functional groups attached to an aromatic ring is 1. The quantitative estimate of drug-likeness (QED) is 0.841. The number of nitrogens with one attached hydrogen (secondary N) is 1. The Morgan fingerprint density at radius 2 is 1.95 bits per heavy atom. The lowest BCUT2D eigenvalue weighted by molar-refractivity contribution is 0.600. The Hall–Kier alpha value is -2.08. The summed E-state index contributed by atoms with van der Waals surface area (Å²) in [7, 11) is -3.66. The summed E-state index contributed by atoms with van der Waals surface area (Å²) in [6.07, 6.45) is 3.09. The van der Waals surface area contributed by atoms with Gasteiger partial charge in [0.25, 0.3) is 10.0 Å². The van der Waals surface area contributed by atoms with Crippen molar-refractivity contribution in [1.82, 2.24) is 4.98 Å². The van der Waals surface area contributed by atoms with Crippen molar-refractivity contribution < 1.29 is 8.42 Å². The summed E-state index contributed by atoms with van der Waals surface area (Å²) in [4.78, 5) is 4.09. The fraction of sp³-hybridized carbons (Fsp3) is 0.154. The molecule has 6 heteroatoms. The van der Waals surface area contributed by atoms with Crippen LogP contribution in [0.5, 0.6) is 0 Å². The van der Waals surface area contributed by atoms with Crippen molar-refractivity contribution in [3.05, 3.63) is 47.8 Å². The average molecular weight is 277 g/mol. The minimum Gasteiger partial charge on any atom is -0.398 e. The van der Waals surface area contributed by atoms with Gasteiger partial charge in [0.1, 0.15) is 0 Å². The summed E-state index contributed by atoms with van der Waals surface area (Å²) in [6, 6.07) is 6.56. The summed E-state index contributed by atoms with van der Waals surface area (Å²) in [5.74, 6) is 0. The maximum Gasteiger partial charge on any atom is 0.262 e. The second-order valence-electron chi connectivity index (χ2n) is 4.27. The number of sulfonamides is 1. The first-order valence-corrected chi connectivity index (χ1v) is 7.18. The monoisotopic (exact) mass is 277 g/mol. The van der Waals surface area contributed by atoms with Crippen LogP contribution in [0.15, 0.2) is 41.6 Å². The summed E-state index contributed by atoms with van der Waals surface area (Å²) < 4.78 is 27.2. The third-order valence-electron chi connectivity index (χ3n) is 2.90. The number of nitrogens with two attached hydrogens (primary N) is 1. The Bertz CT molecular complexity index is 712. The van der Waals surface area contributed by atoms with Gasteiger partial charge in [0, 0.05) is 11.9 Å². The third kappa shape index (κ3) is 2.68. The molecule has 0 fully saturated rings. The molecule has 1 heterocycles. The number of benzene rings is 1. The zero-order valence-corrected chi connectivity index (χ0v) is 11.5. The first-order valence-electron chi connectivity index (χ1n) is 5.70. The van der Waals surface area contributed by atoms with E-state index in [0.717, 1.165) is 5.56 Å². The highest BCUT2D eigenvalue weighted by atomic mass is 32.2. The van der Waals surface area contributed by atoms with Gasteiger partial charge in [-0.1, -0.05) is 6.07 Å². The Labute approximate surface area is 112 Å². The minimum atomic E-state index is -3.66. The highest BCUT2D eigenvalue weighted by molar-refractivity contribution is 7.92. The maximum absolute atomic E-state index is 12.3. The largest absolute Gasteiger partial charge is 0.398 e. The van der Waals surface area contributed by atoms with E-state index in [0.29, 0.717) is 16.9 Å². The lowest BCUT2D eigenvalue weighted by atomic mass is 10.2. The van der Waals surface area contributed by atoms with E-state index in [9.17, 15) is 8.42 Å². The van der Waals surface area contributed by atoms with E-state index in [2.05, 4.69) is 9.71 Å². The smallest absolute Gasteiger partial charge is 0.262 e. The second kappa shape index (κ2) is 4.89. The van der Waals surface area contributed by atoms with Crippen molar-refractivity contribution in [2.24, 2.45) is 0 Å². The number of hydrogen-bond donors (Lipinski definition) is 2. The highest BCUT2D eigenvalue weighted by Gasteiger charge is 2.18. The van der Waals surface area contributed by atoms with E-state index in [1.54, 1.807) is 31.3 Å². The molecule has 0 aliphatic rings. The second-order valence-corrected chi connectivity index (χ2v) is 5.92. The number of anilines is 2. The van der Waals surface area contributed by atoms with E-state index in [-0.39, 0.29) is 4.90 Å². The first kappa shape index (κ1) is 13.4. The molecular formula is C13H15N3O2S. The minimum absolute atomic E-state index is 0.177. The van der Waals surface area contributed by atoms with Gasteiger partial charge in [-0.25, -0.2) is 8.42 Å². The molecule has 0 saturated heterocycles. The van der Waals surface area contributed by atoms with Gasteiger partial charge in [-0.05, 0) is 43.2 Å². The molecule has 0 radical (unpaired) electrons. The number of rotatable bonds is 3. The molecule has 0 aliphatic heterocycles. The van der Waals surface area contributed by atoms with Crippen LogP contribution in [0.2, 0.25) is 0 Å². The van der Waals surface area contributed by atoms with E-state index in [1.165, 1.54) is 12.3 Å². The van der Waals surface area contributed by atoms with E-state index in [1.807, 2.05) is 6.92 Å². The van der Waals surface area contributed by atoms with Crippen LogP contribution >= 0.6 is 0 Å². The van der Waals surface area contributed by atoms with Gasteiger partial charge in [-0.3, -0.25) is 9.71 Å². The molecule has 100 valence electrons. The van der Waals surface area contributed by atoms with Crippen molar-refractivity contribution in [1.29, 1.82) is 0 Å². The van der Waals surface area contributed by atoms with Crippen LogP contribution in [0.4, 0.5) is 11.4 Å². The molecule has 2 rings (SSSR count). The van der Waals surface area contributed by atoms with Crippen LogP contribution in [0.3, 0.4) is 0 Å². The van der Waals surface area contributed by atoms with Gasteiger partial charge in [-0.15, -0.1) is 0 Å². The van der Waals surface area contributed by atoms with Crippen molar-refractivity contribution in [2.45, 2.75) is 18.7 Å². The fourth-order valence-corrected chi connectivity index (χ4v) is 3.08. The SMILES string of the molecule is Cc1ccncc1NS(=O)(=O)c1cccc(N)c1C. The maximum atomic E-state index is 12.3. The molecule has 0 spiro atoms. The number of pyridine rings is 1. The first-order chi connectivity index (χ1) is 8.92.